The number of para-hydroxylation sites is 1. The van der Waals surface area contributed by atoms with E-state index in [4.69, 9.17) is 9.47 Å². The summed E-state index contributed by atoms with van der Waals surface area (Å²) < 4.78 is 12.5. The molecular weight excluding hydrogens is 584 g/mol. The number of benzene rings is 2. The van der Waals surface area contributed by atoms with Gasteiger partial charge < -0.3 is 19.9 Å². The van der Waals surface area contributed by atoms with Gasteiger partial charge in [-0.15, -0.1) is 0 Å². The predicted octanol–water partition coefficient (Wildman–Crippen LogP) is 7.19. The molecule has 1 amide bonds. The predicted molar refractivity (Wildman–Crippen MR) is 180 cm³/mol. The highest BCUT2D eigenvalue weighted by molar-refractivity contribution is 5.95. The largest absolute Gasteiger partial charge is 0.480 e. The Morgan fingerprint density at radius 1 is 0.913 bits per heavy atom. The van der Waals surface area contributed by atoms with Crippen LogP contribution in [0.1, 0.15) is 77.6 Å². The minimum Gasteiger partial charge on any atom is -0.480 e. The van der Waals surface area contributed by atoms with Crippen LogP contribution >= 0.6 is 0 Å². The molecule has 1 aromatic heterocycles. The first kappa shape index (κ1) is 35.6. The lowest BCUT2D eigenvalue weighted by atomic mass is 9.98. The van der Waals surface area contributed by atoms with Crippen LogP contribution < -0.4 is 10.1 Å². The number of hydrogen-bond acceptors (Lipinski definition) is 6. The normalized spacial score (nSPS) is 12.0. The van der Waals surface area contributed by atoms with E-state index in [2.05, 4.69) is 5.32 Å². The molecular formula is C37H44N2O7. The second kappa shape index (κ2) is 15.4. The van der Waals surface area contributed by atoms with Crippen molar-refractivity contribution < 1.29 is 33.8 Å². The van der Waals surface area contributed by atoms with Gasteiger partial charge in [0, 0.05) is 31.0 Å². The Morgan fingerprint density at radius 3 is 2.02 bits per heavy atom. The molecule has 0 radical (unpaired) electrons. The number of nitrogens with zero attached hydrogens (tertiary/aromatic N) is 1. The molecule has 2 aromatic carbocycles. The van der Waals surface area contributed by atoms with Gasteiger partial charge in [-0.3, -0.25) is 14.2 Å². The number of ether oxygens (including phenoxy) is 2. The van der Waals surface area contributed by atoms with Crippen molar-refractivity contribution in [2.24, 2.45) is 0 Å². The van der Waals surface area contributed by atoms with Crippen molar-refractivity contribution in [3.63, 3.8) is 0 Å². The number of aromatic nitrogens is 1. The fourth-order valence-electron chi connectivity index (χ4n) is 4.77. The van der Waals surface area contributed by atoms with Gasteiger partial charge >= 0.3 is 18.0 Å². The van der Waals surface area contributed by atoms with Crippen LogP contribution in [0.3, 0.4) is 0 Å². The standard InChI is InChI=1S/C37H44N2O7/c1-23(2)13-16-27-19-26(20-28(17-14-24(3)4)34(27)45-25(5)40)15-18-33(41)38-31(35(42)43)21-29-22-39(36(44)46-37(6,7)8)32-12-10-9-11-30(29)32/h9-15,18-20,22,31H,16-17,21H2,1-8H3,(H,38,41)(H,42,43)/b18-15+/t31-/m0/s1. The first-order valence-electron chi connectivity index (χ1n) is 15.2. The highest BCUT2D eigenvalue weighted by atomic mass is 16.6. The first-order valence-corrected chi connectivity index (χ1v) is 15.2. The fraction of sp³-hybridized carbons (Fsp3) is 0.351. The van der Waals surface area contributed by atoms with Gasteiger partial charge in [-0.1, -0.05) is 41.5 Å². The smallest absolute Gasteiger partial charge is 0.419 e. The Balaban J connectivity index is 1.91. The van der Waals surface area contributed by atoms with Gasteiger partial charge in [0.05, 0.1) is 5.52 Å². The van der Waals surface area contributed by atoms with Crippen LogP contribution in [0.5, 0.6) is 5.75 Å². The average molecular weight is 629 g/mol. The molecule has 0 saturated carbocycles. The third-order valence-electron chi connectivity index (χ3n) is 6.82. The molecule has 244 valence electrons. The van der Waals surface area contributed by atoms with Gasteiger partial charge in [0.1, 0.15) is 17.4 Å². The van der Waals surface area contributed by atoms with Gasteiger partial charge in [0.15, 0.2) is 0 Å². The molecule has 0 saturated heterocycles. The van der Waals surface area contributed by atoms with Crippen LogP contribution in [0.25, 0.3) is 17.0 Å². The summed E-state index contributed by atoms with van der Waals surface area (Å²) in [5, 5.41) is 13.3. The maximum Gasteiger partial charge on any atom is 0.419 e. The lowest BCUT2D eigenvalue weighted by molar-refractivity contribution is -0.141. The number of carboxylic acid groups (broad SMARTS) is 1. The molecule has 0 spiro atoms. The van der Waals surface area contributed by atoms with Crippen molar-refractivity contribution >= 4 is 40.9 Å². The second-order valence-electron chi connectivity index (χ2n) is 12.7. The number of carbonyl (C=O) groups is 4. The van der Waals surface area contributed by atoms with Gasteiger partial charge in [0.25, 0.3) is 0 Å². The molecule has 46 heavy (non-hydrogen) atoms. The van der Waals surface area contributed by atoms with Crippen molar-refractivity contribution in [2.75, 3.05) is 0 Å². The Kier molecular flexibility index (Phi) is 11.9. The number of carbonyl (C=O) groups excluding carboxylic acids is 3. The number of allylic oxidation sites excluding steroid dienone is 4. The fourth-order valence-corrected chi connectivity index (χ4v) is 4.77. The van der Waals surface area contributed by atoms with Gasteiger partial charge in [0.2, 0.25) is 5.91 Å². The number of esters is 1. The molecule has 0 aliphatic carbocycles. The number of carboxylic acids is 1. The second-order valence-corrected chi connectivity index (χ2v) is 12.7. The Labute approximate surface area is 270 Å². The molecule has 9 heteroatoms. The Hall–Kier alpha value is -4.92. The van der Waals surface area contributed by atoms with E-state index in [-0.39, 0.29) is 6.42 Å². The van der Waals surface area contributed by atoms with Crippen molar-refractivity contribution in [1.82, 2.24) is 9.88 Å². The van der Waals surface area contributed by atoms with Crippen molar-refractivity contribution in [2.45, 2.75) is 86.3 Å². The molecule has 2 N–H and O–H groups in total. The van der Waals surface area contributed by atoms with E-state index in [1.54, 1.807) is 57.3 Å². The Bertz CT molecular complexity index is 1670. The quantitative estimate of drug-likeness (QED) is 0.0997. The third kappa shape index (κ3) is 10.3. The number of hydrogen-bond donors (Lipinski definition) is 2. The van der Waals surface area contributed by atoms with Crippen LogP contribution in [0.4, 0.5) is 4.79 Å². The molecule has 9 nitrogen and oxygen atoms in total. The molecule has 0 aliphatic rings. The number of fused-ring (bicyclic) bond motifs is 1. The van der Waals surface area contributed by atoms with Crippen molar-refractivity contribution in [3.05, 3.63) is 94.2 Å². The third-order valence-corrected chi connectivity index (χ3v) is 6.82. The zero-order valence-electron chi connectivity index (χ0n) is 27.9. The van der Waals surface area contributed by atoms with E-state index in [9.17, 15) is 24.3 Å². The van der Waals surface area contributed by atoms with Crippen molar-refractivity contribution in [3.8, 4) is 5.75 Å². The van der Waals surface area contributed by atoms with Crippen LogP contribution in [0.15, 0.2) is 72.0 Å². The van der Waals surface area contributed by atoms with Crippen LogP contribution in [0, 0.1) is 0 Å². The minimum absolute atomic E-state index is 0.0536. The maximum atomic E-state index is 13.0. The Morgan fingerprint density at radius 2 is 1.50 bits per heavy atom. The van der Waals surface area contributed by atoms with E-state index in [0.29, 0.717) is 40.6 Å². The zero-order chi connectivity index (χ0) is 34.2. The SMILES string of the molecule is CC(=O)Oc1c(CC=C(C)C)cc(/C=C/C(=O)N[C@@H](Cc2cn(C(=O)OC(C)(C)C)c3ccccc23)C(=O)O)cc1CC=C(C)C. The summed E-state index contributed by atoms with van der Waals surface area (Å²) in [5.74, 6) is -1.73. The van der Waals surface area contributed by atoms with Crippen LogP contribution in [0.2, 0.25) is 0 Å². The van der Waals surface area contributed by atoms with E-state index < -0.39 is 35.6 Å². The molecule has 3 rings (SSSR count). The van der Waals surface area contributed by atoms with Gasteiger partial charge in [-0.2, -0.15) is 0 Å². The number of amides is 1. The topological polar surface area (TPSA) is 124 Å². The lowest BCUT2D eigenvalue weighted by Gasteiger charge is -2.19. The lowest BCUT2D eigenvalue weighted by Crippen LogP contribution is -2.41. The van der Waals surface area contributed by atoms with E-state index in [1.165, 1.54) is 17.6 Å². The summed E-state index contributed by atoms with van der Waals surface area (Å²) in [6.07, 6.45) is 8.94. The summed E-state index contributed by atoms with van der Waals surface area (Å²) >= 11 is 0. The molecule has 0 aliphatic heterocycles. The average Bonchev–Trinajstić information content (AvgIpc) is 3.31. The summed E-state index contributed by atoms with van der Waals surface area (Å²) in [4.78, 5) is 50.1. The number of nitrogens with one attached hydrogen (secondary N) is 1. The molecule has 0 fully saturated rings. The summed E-state index contributed by atoms with van der Waals surface area (Å²) in [7, 11) is 0. The maximum absolute atomic E-state index is 13.0. The van der Waals surface area contributed by atoms with Crippen LogP contribution in [-0.4, -0.2) is 45.3 Å². The van der Waals surface area contributed by atoms with E-state index >= 15 is 0 Å². The molecule has 3 aromatic rings. The monoisotopic (exact) mass is 628 g/mol. The molecule has 1 heterocycles. The number of aliphatic carboxylic acids is 1. The highest BCUT2D eigenvalue weighted by Crippen LogP contribution is 2.30. The molecule has 0 unspecified atom stereocenters. The minimum atomic E-state index is -1.26. The van der Waals surface area contributed by atoms with Crippen molar-refractivity contribution in [1.29, 1.82) is 0 Å². The summed E-state index contributed by atoms with van der Waals surface area (Å²) in [6.45, 7) is 14.6. The first-order chi connectivity index (χ1) is 21.5. The summed E-state index contributed by atoms with van der Waals surface area (Å²) in [5.41, 5.74) is 4.93. The van der Waals surface area contributed by atoms with Crippen LogP contribution in [-0.2, 0) is 38.4 Å². The van der Waals surface area contributed by atoms with E-state index in [1.807, 2.05) is 52.0 Å². The number of rotatable bonds is 11. The van der Waals surface area contributed by atoms with Gasteiger partial charge in [-0.05, 0) is 108 Å². The molecule has 1 atom stereocenters. The zero-order valence-corrected chi connectivity index (χ0v) is 27.9. The van der Waals surface area contributed by atoms with E-state index in [0.717, 1.165) is 22.3 Å². The van der Waals surface area contributed by atoms with Gasteiger partial charge in [-0.25, -0.2) is 9.59 Å². The summed E-state index contributed by atoms with van der Waals surface area (Å²) in [6, 6.07) is 9.58. The highest BCUT2D eigenvalue weighted by Gasteiger charge is 2.25. The molecule has 0 bridgehead atoms.